The number of benzene rings is 1. The molecule has 1 aromatic carbocycles. The second-order valence-corrected chi connectivity index (χ2v) is 9.54. The summed E-state index contributed by atoms with van der Waals surface area (Å²) in [5.74, 6) is -1.08. The van der Waals surface area contributed by atoms with Crippen molar-refractivity contribution in [2.75, 3.05) is 32.6 Å². The summed E-state index contributed by atoms with van der Waals surface area (Å²) in [6.07, 6.45) is 0.461. The van der Waals surface area contributed by atoms with Crippen molar-refractivity contribution in [3.05, 3.63) is 54.4 Å². The van der Waals surface area contributed by atoms with E-state index in [1.807, 2.05) is 0 Å². The zero-order chi connectivity index (χ0) is 22.8. The van der Waals surface area contributed by atoms with Crippen molar-refractivity contribution in [1.29, 1.82) is 0 Å². The molecule has 0 radical (unpaired) electrons. The molecule has 1 aliphatic heterocycles. The minimum absolute atomic E-state index is 0.109. The standard InChI is InChI=1S/C20H25N3O7S/c1-22(2)31(28,29)15-7-5-14(6-8-15)21-19(27)13-4-3-9-23(10-13)20-18(26)16(11-24)17(12-25)30-20/h3-10,16-18,20,24-26H,11-12H2,1-2H3/p+1/t16-,17?,18-,20?/m1/s1. The van der Waals surface area contributed by atoms with Crippen LogP contribution < -0.4 is 9.88 Å². The number of carbonyl (C=O) groups is 1. The molecule has 3 rings (SSSR count). The number of nitrogens with zero attached hydrogens (tertiary/aromatic N) is 2. The van der Waals surface area contributed by atoms with E-state index < -0.39 is 40.3 Å². The van der Waals surface area contributed by atoms with E-state index in [4.69, 9.17) is 4.74 Å². The summed E-state index contributed by atoms with van der Waals surface area (Å²) >= 11 is 0. The number of aromatic nitrogens is 1. The third kappa shape index (κ3) is 4.76. The zero-order valence-corrected chi connectivity index (χ0v) is 17.9. The monoisotopic (exact) mass is 452 g/mol. The molecule has 1 saturated heterocycles. The minimum Gasteiger partial charge on any atom is -0.396 e. The molecular formula is C20H26N3O7S+. The van der Waals surface area contributed by atoms with Gasteiger partial charge >= 0.3 is 0 Å². The van der Waals surface area contributed by atoms with Gasteiger partial charge in [-0.2, -0.15) is 4.57 Å². The first-order valence-corrected chi connectivity index (χ1v) is 11.0. The van der Waals surface area contributed by atoms with Gasteiger partial charge in [0.15, 0.2) is 18.5 Å². The fourth-order valence-corrected chi connectivity index (χ4v) is 4.25. The maximum absolute atomic E-state index is 12.7. The van der Waals surface area contributed by atoms with Crippen LogP contribution in [0.2, 0.25) is 0 Å². The first-order valence-electron chi connectivity index (χ1n) is 9.59. The molecule has 0 spiro atoms. The van der Waals surface area contributed by atoms with Gasteiger partial charge < -0.3 is 25.4 Å². The predicted molar refractivity (Wildman–Crippen MR) is 109 cm³/mol. The molecule has 11 heteroatoms. The van der Waals surface area contributed by atoms with Gasteiger partial charge in [-0.3, -0.25) is 4.79 Å². The minimum atomic E-state index is -3.56. The molecule has 1 aliphatic rings. The molecule has 1 amide bonds. The molecule has 168 valence electrons. The van der Waals surface area contributed by atoms with E-state index in [1.165, 1.54) is 49.1 Å². The highest BCUT2D eigenvalue weighted by Crippen LogP contribution is 2.30. The first-order chi connectivity index (χ1) is 14.7. The zero-order valence-electron chi connectivity index (χ0n) is 17.1. The van der Waals surface area contributed by atoms with Gasteiger partial charge in [-0.15, -0.1) is 0 Å². The van der Waals surface area contributed by atoms with Gasteiger partial charge in [0.05, 0.1) is 24.2 Å². The molecule has 4 N–H and O–H groups in total. The highest BCUT2D eigenvalue weighted by atomic mass is 32.2. The fourth-order valence-electron chi connectivity index (χ4n) is 3.35. The van der Waals surface area contributed by atoms with Crippen molar-refractivity contribution in [2.24, 2.45) is 5.92 Å². The lowest BCUT2D eigenvalue weighted by atomic mass is 9.99. The Morgan fingerprint density at radius 3 is 2.39 bits per heavy atom. The van der Waals surface area contributed by atoms with Gasteiger partial charge in [0.25, 0.3) is 12.1 Å². The van der Waals surface area contributed by atoms with Crippen LogP contribution in [0, 0.1) is 5.92 Å². The van der Waals surface area contributed by atoms with Gasteiger partial charge in [-0.1, -0.05) is 0 Å². The molecule has 2 unspecified atom stereocenters. The Kier molecular flexibility index (Phi) is 7.04. The Bertz CT molecular complexity index is 1030. The quantitative estimate of drug-likeness (QED) is 0.409. The third-order valence-corrected chi connectivity index (χ3v) is 7.01. The number of aliphatic hydroxyl groups is 3. The maximum atomic E-state index is 12.7. The van der Waals surface area contributed by atoms with Gasteiger partial charge in [0.1, 0.15) is 5.56 Å². The Hall–Kier alpha value is -2.41. The van der Waals surface area contributed by atoms with Gasteiger partial charge in [0, 0.05) is 31.8 Å². The molecule has 0 bridgehead atoms. The van der Waals surface area contributed by atoms with E-state index in [0.717, 1.165) is 4.31 Å². The van der Waals surface area contributed by atoms with Crippen LogP contribution in [-0.2, 0) is 14.8 Å². The van der Waals surface area contributed by atoms with Crippen molar-refractivity contribution in [1.82, 2.24) is 4.31 Å². The Morgan fingerprint density at radius 2 is 1.84 bits per heavy atom. The van der Waals surface area contributed by atoms with E-state index in [2.05, 4.69) is 5.32 Å². The summed E-state index contributed by atoms with van der Waals surface area (Å²) in [6.45, 7) is -0.692. The summed E-state index contributed by atoms with van der Waals surface area (Å²) in [5, 5.41) is 32.0. The van der Waals surface area contributed by atoms with Crippen LogP contribution in [0.3, 0.4) is 0 Å². The topological polar surface area (TPSA) is 140 Å². The van der Waals surface area contributed by atoms with Crippen molar-refractivity contribution >= 4 is 21.6 Å². The Labute approximate surface area is 180 Å². The van der Waals surface area contributed by atoms with Crippen LogP contribution in [0.5, 0.6) is 0 Å². The average Bonchev–Trinajstić information content (AvgIpc) is 3.09. The third-order valence-electron chi connectivity index (χ3n) is 5.18. The number of anilines is 1. The van der Waals surface area contributed by atoms with Crippen LogP contribution in [0.1, 0.15) is 16.6 Å². The van der Waals surface area contributed by atoms with Crippen molar-refractivity contribution < 1.29 is 37.8 Å². The Balaban J connectivity index is 1.75. The molecule has 1 aromatic heterocycles. The second-order valence-electron chi connectivity index (χ2n) is 7.39. The molecule has 31 heavy (non-hydrogen) atoms. The molecule has 4 atom stereocenters. The van der Waals surface area contributed by atoms with E-state index in [1.54, 1.807) is 18.3 Å². The SMILES string of the molecule is CN(C)S(=O)(=O)c1ccc(NC(=O)c2ccc[n+](C3OC(CO)[C@@H](CO)[C@H]3O)c2)cc1. The average molecular weight is 453 g/mol. The molecular weight excluding hydrogens is 426 g/mol. The number of hydrogen-bond acceptors (Lipinski definition) is 7. The van der Waals surface area contributed by atoms with Crippen LogP contribution in [0.25, 0.3) is 0 Å². The highest BCUT2D eigenvalue weighted by molar-refractivity contribution is 7.89. The number of amides is 1. The fraction of sp³-hybridized carbons (Fsp3) is 0.400. The number of aliphatic hydroxyl groups excluding tert-OH is 3. The first kappa shape index (κ1) is 23.3. The van der Waals surface area contributed by atoms with Gasteiger partial charge in [-0.25, -0.2) is 12.7 Å². The summed E-state index contributed by atoms with van der Waals surface area (Å²) < 4.78 is 32.5. The second kappa shape index (κ2) is 9.39. The van der Waals surface area contributed by atoms with Gasteiger partial charge in [-0.05, 0) is 30.3 Å². The number of carbonyl (C=O) groups excluding carboxylic acids is 1. The van der Waals surface area contributed by atoms with Crippen LogP contribution in [-0.4, -0.2) is 73.5 Å². The van der Waals surface area contributed by atoms with E-state index >= 15 is 0 Å². The normalized spacial score (nSPS) is 23.8. The smallest absolute Gasteiger partial charge is 0.289 e. The number of nitrogens with one attached hydrogen (secondary N) is 1. The molecule has 2 aromatic rings. The van der Waals surface area contributed by atoms with Crippen LogP contribution in [0.15, 0.2) is 53.7 Å². The van der Waals surface area contributed by atoms with Crippen LogP contribution in [0.4, 0.5) is 5.69 Å². The lowest BCUT2D eigenvalue weighted by Crippen LogP contribution is -2.45. The van der Waals surface area contributed by atoms with E-state index in [9.17, 15) is 28.5 Å². The molecule has 1 fully saturated rings. The number of pyridine rings is 1. The lowest BCUT2D eigenvalue weighted by Gasteiger charge is -2.13. The maximum Gasteiger partial charge on any atom is 0.289 e. The highest BCUT2D eigenvalue weighted by Gasteiger charge is 2.48. The molecule has 0 aliphatic carbocycles. The van der Waals surface area contributed by atoms with E-state index in [-0.39, 0.29) is 23.7 Å². The number of ether oxygens (including phenoxy) is 1. The van der Waals surface area contributed by atoms with Crippen molar-refractivity contribution in [2.45, 2.75) is 23.3 Å². The largest absolute Gasteiger partial charge is 0.396 e. The molecule has 0 saturated carbocycles. The molecule has 2 heterocycles. The lowest BCUT2D eigenvalue weighted by molar-refractivity contribution is -0.765. The van der Waals surface area contributed by atoms with Crippen molar-refractivity contribution in [3.8, 4) is 0 Å². The summed E-state index contributed by atoms with van der Waals surface area (Å²) in [6, 6.07) is 8.98. The van der Waals surface area contributed by atoms with Crippen LogP contribution >= 0.6 is 0 Å². The Morgan fingerprint density at radius 1 is 1.16 bits per heavy atom. The number of hydrogen-bond donors (Lipinski definition) is 4. The summed E-state index contributed by atoms with van der Waals surface area (Å²) in [7, 11) is -0.691. The van der Waals surface area contributed by atoms with E-state index in [0.29, 0.717) is 5.69 Å². The summed E-state index contributed by atoms with van der Waals surface area (Å²) in [4.78, 5) is 12.8. The predicted octanol–water partition coefficient (Wildman–Crippen LogP) is -0.664. The van der Waals surface area contributed by atoms with Crippen molar-refractivity contribution in [3.63, 3.8) is 0 Å². The van der Waals surface area contributed by atoms with Gasteiger partial charge in [0.2, 0.25) is 10.0 Å². The summed E-state index contributed by atoms with van der Waals surface area (Å²) in [5.41, 5.74) is 0.687. The number of rotatable bonds is 7. The number of sulfonamides is 1. The molecule has 10 nitrogen and oxygen atoms in total.